The number of para-hydroxylation sites is 1. The molecule has 0 aliphatic rings. The van der Waals surface area contributed by atoms with Gasteiger partial charge in [0.15, 0.2) is 0 Å². The van der Waals surface area contributed by atoms with Crippen molar-refractivity contribution in [3.63, 3.8) is 0 Å². The maximum Gasteiger partial charge on any atom is 0.310 e. The summed E-state index contributed by atoms with van der Waals surface area (Å²) in [6.07, 6.45) is 1.80. The van der Waals surface area contributed by atoms with E-state index in [0.29, 0.717) is 24.5 Å². The lowest BCUT2D eigenvalue weighted by atomic mass is 9.97. The van der Waals surface area contributed by atoms with E-state index in [1.54, 1.807) is 19.3 Å². The molecule has 31 heavy (non-hydrogen) atoms. The Balaban J connectivity index is 1.64. The molecule has 0 atom stereocenters. The number of nitriles is 1. The van der Waals surface area contributed by atoms with Gasteiger partial charge in [0, 0.05) is 22.1 Å². The van der Waals surface area contributed by atoms with E-state index in [1.165, 1.54) is 0 Å². The van der Waals surface area contributed by atoms with Crippen molar-refractivity contribution >= 4 is 16.9 Å². The molecule has 0 saturated carbocycles. The van der Waals surface area contributed by atoms with Crippen molar-refractivity contribution in [2.45, 2.75) is 20.0 Å². The van der Waals surface area contributed by atoms with Gasteiger partial charge in [-0.25, -0.2) is 0 Å². The van der Waals surface area contributed by atoms with Crippen LogP contribution in [0.3, 0.4) is 0 Å². The van der Waals surface area contributed by atoms with Crippen molar-refractivity contribution in [3.05, 3.63) is 89.7 Å². The Morgan fingerprint density at radius 2 is 1.84 bits per heavy atom. The number of hydrogen-bond donors (Lipinski definition) is 0. The van der Waals surface area contributed by atoms with Gasteiger partial charge in [0.05, 0.1) is 30.9 Å². The van der Waals surface area contributed by atoms with Crippen molar-refractivity contribution in [2.24, 2.45) is 0 Å². The lowest BCUT2D eigenvalue weighted by Gasteiger charge is -2.13. The lowest BCUT2D eigenvalue weighted by molar-refractivity contribution is -0.142. The number of furan rings is 1. The van der Waals surface area contributed by atoms with E-state index in [1.807, 2.05) is 60.7 Å². The first-order chi connectivity index (χ1) is 15.2. The van der Waals surface area contributed by atoms with E-state index in [0.717, 1.165) is 33.2 Å². The standard InChI is InChI=1S/C26H21NO4/c1-2-29-25(28)15-19-7-4-6-10-24(19)31-17-18-13-20-11-12-30-26(20)23(14-18)22-9-5-3-8-21(22)16-27/h3-14H,2,15,17H2,1H3. The molecule has 0 bridgehead atoms. The average Bonchev–Trinajstić information content (AvgIpc) is 3.27. The SMILES string of the molecule is CCOC(=O)Cc1ccccc1OCc1cc(-c2ccccc2C#N)c2occc2c1. The molecule has 5 heteroatoms. The highest BCUT2D eigenvalue weighted by atomic mass is 16.5. The summed E-state index contributed by atoms with van der Waals surface area (Å²) in [7, 11) is 0. The van der Waals surface area contributed by atoms with Crippen LogP contribution in [0.15, 0.2) is 77.4 Å². The third-order valence-corrected chi connectivity index (χ3v) is 4.96. The number of hydrogen-bond acceptors (Lipinski definition) is 5. The van der Waals surface area contributed by atoms with Crippen LogP contribution in [0.1, 0.15) is 23.6 Å². The molecule has 1 heterocycles. The lowest BCUT2D eigenvalue weighted by Crippen LogP contribution is -2.09. The summed E-state index contributed by atoms with van der Waals surface area (Å²) in [5.41, 5.74) is 4.68. The summed E-state index contributed by atoms with van der Waals surface area (Å²) in [4.78, 5) is 11.9. The zero-order valence-corrected chi connectivity index (χ0v) is 17.1. The second-order valence-corrected chi connectivity index (χ2v) is 7.02. The molecule has 0 unspecified atom stereocenters. The van der Waals surface area contributed by atoms with Gasteiger partial charge in [0.2, 0.25) is 0 Å². The van der Waals surface area contributed by atoms with Crippen molar-refractivity contribution in [3.8, 4) is 22.9 Å². The van der Waals surface area contributed by atoms with Crippen LogP contribution in [0.2, 0.25) is 0 Å². The summed E-state index contributed by atoms with van der Waals surface area (Å²) in [5, 5.41) is 10.5. The maximum atomic E-state index is 11.9. The Morgan fingerprint density at radius 3 is 2.68 bits per heavy atom. The van der Waals surface area contributed by atoms with Crippen molar-refractivity contribution < 1.29 is 18.7 Å². The Bertz CT molecular complexity index is 1270. The third kappa shape index (κ3) is 4.44. The summed E-state index contributed by atoms with van der Waals surface area (Å²) in [6.45, 7) is 2.44. The summed E-state index contributed by atoms with van der Waals surface area (Å²) >= 11 is 0. The van der Waals surface area contributed by atoms with E-state index >= 15 is 0 Å². The quantitative estimate of drug-likeness (QED) is 0.367. The fourth-order valence-corrected chi connectivity index (χ4v) is 3.56. The van der Waals surface area contributed by atoms with Gasteiger partial charge in [-0.15, -0.1) is 0 Å². The van der Waals surface area contributed by atoms with E-state index in [2.05, 4.69) is 6.07 Å². The highest BCUT2D eigenvalue weighted by molar-refractivity contribution is 5.94. The summed E-state index contributed by atoms with van der Waals surface area (Å²) < 4.78 is 16.8. The van der Waals surface area contributed by atoms with Crippen LogP contribution in [0.5, 0.6) is 5.75 Å². The first-order valence-corrected chi connectivity index (χ1v) is 10.1. The van der Waals surface area contributed by atoms with Gasteiger partial charge in [0.25, 0.3) is 0 Å². The van der Waals surface area contributed by atoms with E-state index in [4.69, 9.17) is 13.9 Å². The Labute approximate surface area is 180 Å². The highest BCUT2D eigenvalue weighted by Gasteiger charge is 2.14. The predicted molar refractivity (Wildman–Crippen MR) is 117 cm³/mol. The minimum Gasteiger partial charge on any atom is -0.489 e. The van der Waals surface area contributed by atoms with Gasteiger partial charge in [-0.1, -0.05) is 36.4 Å². The highest BCUT2D eigenvalue weighted by Crippen LogP contribution is 2.33. The minimum absolute atomic E-state index is 0.158. The summed E-state index contributed by atoms with van der Waals surface area (Å²) in [6, 6.07) is 23.0. The molecule has 0 N–H and O–H groups in total. The molecule has 0 amide bonds. The van der Waals surface area contributed by atoms with E-state index in [9.17, 15) is 10.1 Å². The van der Waals surface area contributed by atoms with Crippen LogP contribution in [0.4, 0.5) is 0 Å². The zero-order valence-electron chi connectivity index (χ0n) is 17.1. The molecule has 5 nitrogen and oxygen atoms in total. The van der Waals surface area contributed by atoms with Gasteiger partial charge in [-0.05, 0) is 42.8 Å². The molecule has 4 rings (SSSR count). The van der Waals surface area contributed by atoms with Crippen LogP contribution >= 0.6 is 0 Å². The summed E-state index contributed by atoms with van der Waals surface area (Å²) in [5.74, 6) is 0.357. The molecule has 0 saturated heterocycles. The number of benzene rings is 3. The average molecular weight is 411 g/mol. The van der Waals surface area contributed by atoms with Crippen molar-refractivity contribution in [1.29, 1.82) is 5.26 Å². The van der Waals surface area contributed by atoms with Crippen molar-refractivity contribution in [2.75, 3.05) is 6.61 Å². The molecular weight excluding hydrogens is 390 g/mol. The molecular formula is C26H21NO4. The van der Waals surface area contributed by atoms with Gasteiger partial charge >= 0.3 is 5.97 Å². The van der Waals surface area contributed by atoms with Gasteiger partial charge in [0.1, 0.15) is 17.9 Å². The molecule has 0 aliphatic carbocycles. The fraction of sp³-hybridized carbons (Fsp3) is 0.154. The van der Waals surface area contributed by atoms with Crippen molar-refractivity contribution in [1.82, 2.24) is 0 Å². The first kappa shape index (κ1) is 20.2. The Hall–Kier alpha value is -4.04. The smallest absolute Gasteiger partial charge is 0.310 e. The zero-order chi connectivity index (χ0) is 21.6. The van der Waals surface area contributed by atoms with Crippen LogP contribution < -0.4 is 4.74 Å². The molecule has 0 fully saturated rings. The monoisotopic (exact) mass is 411 g/mol. The Morgan fingerprint density at radius 1 is 1.03 bits per heavy atom. The molecule has 154 valence electrons. The number of carbonyl (C=O) groups is 1. The predicted octanol–water partition coefficient (Wildman–Crippen LogP) is 5.66. The van der Waals surface area contributed by atoms with Gasteiger partial charge < -0.3 is 13.9 Å². The van der Waals surface area contributed by atoms with Crippen LogP contribution in [0, 0.1) is 11.3 Å². The molecule has 3 aromatic carbocycles. The largest absolute Gasteiger partial charge is 0.489 e. The molecule has 4 aromatic rings. The van der Waals surface area contributed by atoms with Crippen LogP contribution in [-0.2, 0) is 22.6 Å². The second-order valence-electron chi connectivity index (χ2n) is 7.02. The van der Waals surface area contributed by atoms with Crippen LogP contribution in [-0.4, -0.2) is 12.6 Å². The molecule has 0 radical (unpaired) electrons. The number of carbonyl (C=O) groups excluding carboxylic acids is 1. The Kier molecular flexibility index (Phi) is 6.00. The molecule has 1 aromatic heterocycles. The molecule has 0 spiro atoms. The normalized spacial score (nSPS) is 10.6. The van der Waals surface area contributed by atoms with Crippen LogP contribution in [0.25, 0.3) is 22.1 Å². The fourth-order valence-electron chi connectivity index (χ4n) is 3.56. The maximum absolute atomic E-state index is 11.9. The number of rotatable bonds is 7. The molecule has 0 aliphatic heterocycles. The van der Waals surface area contributed by atoms with Gasteiger partial charge in [-0.3, -0.25) is 4.79 Å². The first-order valence-electron chi connectivity index (χ1n) is 10.1. The number of ether oxygens (including phenoxy) is 2. The number of nitrogens with zero attached hydrogens (tertiary/aromatic N) is 1. The van der Waals surface area contributed by atoms with E-state index < -0.39 is 0 Å². The topological polar surface area (TPSA) is 72.5 Å². The third-order valence-electron chi connectivity index (χ3n) is 4.96. The minimum atomic E-state index is -0.284. The number of esters is 1. The van der Waals surface area contributed by atoms with Gasteiger partial charge in [-0.2, -0.15) is 5.26 Å². The number of fused-ring (bicyclic) bond motifs is 1. The second kappa shape index (κ2) is 9.19. The van der Waals surface area contributed by atoms with E-state index in [-0.39, 0.29) is 12.4 Å².